The minimum absolute atomic E-state index is 0.0884. The van der Waals surface area contributed by atoms with Crippen LogP contribution in [-0.2, 0) is 13.1 Å². The Hall–Kier alpha value is -1.99. The molecule has 0 amide bonds. The summed E-state index contributed by atoms with van der Waals surface area (Å²) in [5, 5.41) is 2.06. The second-order valence-electron chi connectivity index (χ2n) is 6.58. The number of thiazole rings is 1. The number of rotatable bonds is 4. The van der Waals surface area contributed by atoms with Gasteiger partial charge in [-0.3, -0.25) is 18.7 Å². The van der Waals surface area contributed by atoms with Gasteiger partial charge in [-0.1, -0.05) is 0 Å². The topological polar surface area (TPSA) is 55.4 Å². The molecule has 6 nitrogen and oxygen atoms in total. The van der Waals surface area contributed by atoms with Gasteiger partial charge in [-0.15, -0.1) is 11.3 Å². The van der Waals surface area contributed by atoms with Gasteiger partial charge in [0.2, 0.25) is 0 Å². The van der Waals surface area contributed by atoms with Crippen molar-refractivity contribution < 1.29 is 0 Å². The number of hydrogen-bond donors (Lipinski definition) is 0. The summed E-state index contributed by atoms with van der Waals surface area (Å²) >= 11 is 1.67. The molecule has 3 aromatic rings. The van der Waals surface area contributed by atoms with Gasteiger partial charge in [-0.2, -0.15) is 0 Å². The third-order valence-corrected chi connectivity index (χ3v) is 5.53. The van der Waals surface area contributed by atoms with Crippen LogP contribution in [0.2, 0.25) is 0 Å². The zero-order chi connectivity index (χ0) is 16.5. The number of nitrogens with zero attached hydrogens (tertiary/aromatic N) is 5. The Bertz CT molecular complexity index is 859. The molecule has 24 heavy (non-hydrogen) atoms. The van der Waals surface area contributed by atoms with E-state index in [9.17, 15) is 4.79 Å². The van der Waals surface area contributed by atoms with Crippen molar-refractivity contribution in [3.05, 3.63) is 51.9 Å². The number of aromatic nitrogens is 4. The molecule has 0 radical (unpaired) electrons. The minimum atomic E-state index is 0.0884. The first-order chi connectivity index (χ1) is 11.7. The van der Waals surface area contributed by atoms with Gasteiger partial charge in [0.1, 0.15) is 0 Å². The SMILES string of the molecule is Cc1cncn(CC2CCN(Cc3cn4ccsc4n3)CC2)c1=O. The zero-order valence-corrected chi connectivity index (χ0v) is 14.6. The summed E-state index contributed by atoms with van der Waals surface area (Å²) in [7, 11) is 0. The summed E-state index contributed by atoms with van der Waals surface area (Å²) in [5.41, 5.74) is 1.94. The third-order valence-electron chi connectivity index (χ3n) is 4.76. The number of aryl methyl sites for hydroxylation is 1. The first-order valence-electron chi connectivity index (χ1n) is 8.33. The molecule has 0 N–H and O–H groups in total. The Kier molecular flexibility index (Phi) is 4.20. The van der Waals surface area contributed by atoms with Crippen molar-refractivity contribution in [2.45, 2.75) is 32.9 Å². The Morgan fingerprint density at radius 3 is 2.96 bits per heavy atom. The molecule has 0 bridgehead atoms. The van der Waals surface area contributed by atoms with E-state index in [1.807, 2.05) is 6.92 Å². The van der Waals surface area contributed by atoms with Crippen LogP contribution in [0.25, 0.3) is 4.96 Å². The van der Waals surface area contributed by atoms with Crippen molar-refractivity contribution >= 4 is 16.3 Å². The van der Waals surface area contributed by atoms with Gasteiger partial charge >= 0.3 is 0 Å². The lowest BCUT2D eigenvalue weighted by atomic mass is 9.96. The van der Waals surface area contributed by atoms with Gasteiger partial charge in [0.15, 0.2) is 4.96 Å². The first-order valence-corrected chi connectivity index (χ1v) is 9.21. The average molecular weight is 343 g/mol. The Balaban J connectivity index is 1.34. The monoisotopic (exact) mass is 343 g/mol. The van der Waals surface area contributed by atoms with Crippen molar-refractivity contribution in [3.63, 3.8) is 0 Å². The van der Waals surface area contributed by atoms with Crippen molar-refractivity contribution in [2.24, 2.45) is 5.92 Å². The number of hydrogen-bond acceptors (Lipinski definition) is 5. The smallest absolute Gasteiger partial charge is 0.256 e. The third kappa shape index (κ3) is 3.14. The molecule has 1 saturated heterocycles. The molecular formula is C17H21N5OS. The summed E-state index contributed by atoms with van der Waals surface area (Å²) in [6.45, 7) is 5.63. The van der Waals surface area contributed by atoms with E-state index in [-0.39, 0.29) is 5.56 Å². The van der Waals surface area contributed by atoms with E-state index in [2.05, 4.69) is 37.0 Å². The van der Waals surface area contributed by atoms with Crippen LogP contribution in [0, 0.1) is 12.8 Å². The molecule has 4 rings (SSSR count). The van der Waals surface area contributed by atoms with Gasteiger partial charge in [-0.25, -0.2) is 9.97 Å². The Morgan fingerprint density at radius 1 is 1.33 bits per heavy atom. The summed E-state index contributed by atoms with van der Waals surface area (Å²) < 4.78 is 3.85. The van der Waals surface area contributed by atoms with Gasteiger partial charge in [-0.05, 0) is 38.8 Å². The molecular weight excluding hydrogens is 322 g/mol. The van der Waals surface area contributed by atoms with E-state index in [0.717, 1.165) is 55.2 Å². The minimum Gasteiger partial charge on any atom is -0.299 e. The van der Waals surface area contributed by atoms with Crippen LogP contribution in [-0.4, -0.2) is 36.9 Å². The molecule has 1 fully saturated rings. The van der Waals surface area contributed by atoms with E-state index < -0.39 is 0 Å². The van der Waals surface area contributed by atoms with Crippen LogP contribution in [0.15, 0.2) is 35.1 Å². The second-order valence-corrected chi connectivity index (χ2v) is 7.45. The van der Waals surface area contributed by atoms with Crippen LogP contribution in [0.5, 0.6) is 0 Å². The summed E-state index contributed by atoms with van der Waals surface area (Å²) in [5.74, 6) is 0.549. The molecule has 0 unspecified atom stereocenters. The lowest BCUT2D eigenvalue weighted by molar-refractivity contribution is 0.165. The van der Waals surface area contributed by atoms with Crippen molar-refractivity contribution in [3.8, 4) is 0 Å². The fourth-order valence-electron chi connectivity index (χ4n) is 3.38. The average Bonchev–Trinajstić information content (AvgIpc) is 3.15. The number of likely N-dealkylation sites (tertiary alicyclic amines) is 1. The highest BCUT2D eigenvalue weighted by atomic mass is 32.1. The van der Waals surface area contributed by atoms with E-state index in [1.54, 1.807) is 28.4 Å². The number of fused-ring (bicyclic) bond motifs is 1. The summed E-state index contributed by atoms with van der Waals surface area (Å²) in [6.07, 6.45) is 9.70. The first kappa shape index (κ1) is 15.5. The Labute approximate surface area is 144 Å². The Morgan fingerprint density at radius 2 is 2.17 bits per heavy atom. The highest BCUT2D eigenvalue weighted by Crippen LogP contribution is 2.21. The van der Waals surface area contributed by atoms with Gasteiger partial charge < -0.3 is 0 Å². The van der Waals surface area contributed by atoms with E-state index in [1.165, 1.54) is 0 Å². The van der Waals surface area contributed by atoms with Crippen LogP contribution < -0.4 is 5.56 Å². The molecule has 126 valence electrons. The van der Waals surface area contributed by atoms with Crippen LogP contribution >= 0.6 is 11.3 Å². The molecule has 0 aromatic carbocycles. The fourth-order valence-corrected chi connectivity index (χ4v) is 4.10. The maximum absolute atomic E-state index is 12.1. The van der Waals surface area contributed by atoms with Gasteiger partial charge in [0.25, 0.3) is 5.56 Å². The molecule has 1 aliphatic heterocycles. The molecule has 0 saturated carbocycles. The zero-order valence-electron chi connectivity index (χ0n) is 13.8. The molecule has 4 heterocycles. The van der Waals surface area contributed by atoms with E-state index >= 15 is 0 Å². The molecule has 0 spiro atoms. The highest BCUT2D eigenvalue weighted by Gasteiger charge is 2.21. The van der Waals surface area contributed by atoms with E-state index in [4.69, 9.17) is 0 Å². The summed E-state index contributed by atoms with van der Waals surface area (Å²) in [6, 6.07) is 0. The maximum atomic E-state index is 12.1. The quantitative estimate of drug-likeness (QED) is 0.728. The van der Waals surface area contributed by atoms with Crippen molar-refractivity contribution in [2.75, 3.05) is 13.1 Å². The van der Waals surface area contributed by atoms with Gasteiger partial charge in [0.05, 0.1) is 12.0 Å². The molecule has 0 atom stereocenters. The molecule has 1 aliphatic rings. The maximum Gasteiger partial charge on any atom is 0.256 e. The second kappa shape index (κ2) is 6.49. The lowest BCUT2D eigenvalue weighted by Crippen LogP contribution is -2.36. The largest absolute Gasteiger partial charge is 0.299 e. The highest BCUT2D eigenvalue weighted by molar-refractivity contribution is 7.15. The summed E-state index contributed by atoms with van der Waals surface area (Å²) in [4.78, 5) is 24.4. The molecule has 3 aromatic heterocycles. The van der Waals surface area contributed by atoms with Crippen LogP contribution in [0.1, 0.15) is 24.1 Å². The standard InChI is InChI=1S/C17H21N5OS/c1-13-8-18-12-22(16(13)23)9-14-2-4-20(5-3-14)10-15-11-21-6-7-24-17(21)19-15/h6-8,11-12,14H,2-5,9-10H2,1H3. The number of imidazole rings is 1. The predicted molar refractivity (Wildman–Crippen MR) is 94.3 cm³/mol. The van der Waals surface area contributed by atoms with Crippen molar-refractivity contribution in [1.29, 1.82) is 0 Å². The fraction of sp³-hybridized carbons (Fsp3) is 0.471. The molecule has 0 aliphatic carbocycles. The van der Waals surface area contributed by atoms with Crippen LogP contribution in [0.3, 0.4) is 0 Å². The van der Waals surface area contributed by atoms with Crippen LogP contribution in [0.4, 0.5) is 0 Å². The normalized spacial score (nSPS) is 16.9. The van der Waals surface area contributed by atoms with Gasteiger partial charge in [0, 0.05) is 42.6 Å². The van der Waals surface area contributed by atoms with Crippen molar-refractivity contribution in [1.82, 2.24) is 23.8 Å². The lowest BCUT2D eigenvalue weighted by Gasteiger charge is -2.31. The predicted octanol–water partition coefficient (Wildman–Crippen LogP) is 2.17. The number of piperidine rings is 1. The molecule has 7 heteroatoms. The van der Waals surface area contributed by atoms with E-state index in [0.29, 0.717) is 5.92 Å².